The van der Waals surface area contributed by atoms with Crippen LogP contribution in [-0.2, 0) is 0 Å². The summed E-state index contributed by atoms with van der Waals surface area (Å²) in [6.07, 6.45) is 4.35. The Morgan fingerprint density at radius 2 is 1.85 bits per heavy atom. The summed E-state index contributed by atoms with van der Waals surface area (Å²) in [4.78, 5) is 12.8. The fraction of sp³-hybridized carbons (Fsp3) is 0.571. The zero-order valence-corrected chi connectivity index (χ0v) is 12.4. The minimum atomic E-state index is 0.0571. The van der Waals surface area contributed by atoms with E-state index >= 15 is 0 Å². The Morgan fingerprint density at radius 1 is 1.20 bits per heavy atom. The van der Waals surface area contributed by atoms with Gasteiger partial charge in [-0.15, -0.1) is 0 Å². The normalized spacial score (nSPS) is 13.4. The van der Waals surface area contributed by atoms with Crippen molar-refractivity contribution in [3.05, 3.63) is 23.8 Å². The summed E-state index contributed by atoms with van der Waals surface area (Å²) in [6.45, 7) is 8.90. The number of hydrogen-bond acceptors (Lipinski definition) is 6. The van der Waals surface area contributed by atoms with Gasteiger partial charge in [-0.05, 0) is 24.3 Å². The van der Waals surface area contributed by atoms with Crippen molar-refractivity contribution in [1.29, 1.82) is 0 Å². The van der Waals surface area contributed by atoms with Gasteiger partial charge in [0.1, 0.15) is 0 Å². The molecule has 2 rings (SSSR count). The molecule has 2 aromatic heterocycles. The third-order valence-corrected chi connectivity index (χ3v) is 2.92. The molecule has 1 atom stereocenters. The molecule has 20 heavy (non-hydrogen) atoms. The minimum absolute atomic E-state index is 0.0571. The molecule has 0 saturated heterocycles. The molecule has 0 amide bonds. The number of rotatable bonds is 4. The summed E-state index contributed by atoms with van der Waals surface area (Å²) in [6, 6.07) is 0. The maximum absolute atomic E-state index is 5.82. The molecule has 1 unspecified atom stereocenters. The number of hydrogen-bond donors (Lipinski definition) is 1. The van der Waals surface area contributed by atoms with E-state index < -0.39 is 0 Å². The van der Waals surface area contributed by atoms with Crippen LogP contribution in [0.5, 0.6) is 0 Å². The molecule has 108 valence electrons. The molecule has 0 aliphatic heterocycles. The van der Waals surface area contributed by atoms with Crippen molar-refractivity contribution in [2.24, 2.45) is 11.1 Å². The highest BCUT2D eigenvalue weighted by Gasteiger charge is 2.24. The molecule has 0 aliphatic rings. The highest BCUT2D eigenvalue weighted by Crippen LogP contribution is 2.30. The van der Waals surface area contributed by atoms with Crippen LogP contribution >= 0.6 is 0 Å². The van der Waals surface area contributed by atoms with Crippen molar-refractivity contribution >= 4 is 0 Å². The van der Waals surface area contributed by atoms with E-state index in [2.05, 4.69) is 40.9 Å². The molecule has 6 nitrogen and oxygen atoms in total. The van der Waals surface area contributed by atoms with Crippen LogP contribution in [0.25, 0.3) is 11.6 Å². The highest BCUT2D eigenvalue weighted by atomic mass is 16.5. The van der Waals surface area contributed by atoms with Gasteiger partial charge in [0.25, 0.3) is 0 Å². The van der Waals surface area contributed by atoms with Gasteiger partial charge in [-0.2, -0.15) is 4.98 Å². The van der Waals surface area contributed by atoms with E-state index in [0.29, 0.717) is 24.1 Å². The van der Waals surface area contributed by atoms with Crippen molar-refractivity contribution in [2.75, 3.05) is 6.54 Å². The standard InChI is InChI=1S/C14H21N5O/c1-9-7-16-11(17-8-9)12-18-13(20-19-12)10(6-15)5-14(2,3)4/h7-8,10H,5-6,15H2,1-4H3. The molecule has 0 bridgehead atoms. The smallest absolute Gasteiger partial charge is 0.240 e. The third kappa shape index (κ3) is 3.60. The monoisotopic (exact) mass is 275 g/mol. The largest absolute Gasteiger partial charge is 0.339 e. The number of aromatic nitrogens is 4. The molecule has 0 spiro atoms. The van der Waals surface area contributed by atoms with Crippen LogP contribution in [-0.4, -0.2) is 26.7 Å². The van der Waals surface area contributed by atoms with Gasteiger partial charge >= 0.3 is 0 Å². The molecule has 6 heteroatoms. The first-order valence-electron chi connectivity index (χ1n) is 6.72. The molecule has 2 heterocycles. The Balaban J connectivity index is 2.21. The second-order valence-corrected chi connectivity index (χ2v) is 6.24. The lowest BCUT2D eigenvalue weighted by Crippen LogP contribution is -2.19. The molecular formula is C14H21N5O. The van der Waals surface area contributed by atoms with E-state index in [1.165, 1.54) is 0 Å². The number of nitrogens with two attached hydrogens (primary N) is 1. The number of nitrogens with zero attached hydrogens (tertiary/aromatic N) is 4. The average Bonchev–Trinajstić information content (AvgIpc) is 2.85. The van der Waals surface area contributed by atoms with Gasteiger partial charge in [-0.3, -0.25) is 0 Å². The van der Waals surface area contributed by atoms with Gasteiger partial charge in [-0.1, -0.05) is 25.9 Å². The first-order chi connectivity index (χ1) is 9.39. The molecule has 0 aromatic carbocycles. The van der Waals surface area contributed by atoms with Crippen LogP contribution in [0.1, 0.15) is 44.6 Å². The predicted octanol–water partition coefficient (Wildman–Crippen LogP) is 2.31. The lowest BCUT2D eigenvalue weighted by Gasteiger charge is -2.22. The van der Waals surface area contributed by atoms with Crippen LogP contribution in [0.3, 0.4) is 0 Å². The summed E-state index contributed by atoms with van der Waals surface area (Å²) >= 11 is 0. The summed E-state index contributed by atoms with van der Waals surface area (Å²) in [5.41, 5.74) is 6.96. The van der Waals surface area contributed by atoms with E-state index in [1.54, 1.807) is 12.4 Å². The van der Waals surface area contributed by atoms with Crippen molar-refractivity contribution in [1.82, 2.24) is 20.1 Å². The SMILES string of the molecule is Cc1cnc(-c2noc(C(CN)CC(C)(C)C)n2)nc1. The Kier molecular flexibility index (Phi) is 4.13. The van der Waals surface area contributed by atoms with E-state index in [1.807, 2.05) is 6.92 Å². The van der Waals surface area contributed by atoms with Crippen molar-refractivity contribution in [3.8, 4) is 11.6 Å². The van der Waals surface area contributed by atoms with E-state index in [4.69, 9.17) is 10.3 Å². The van der Waals surface area contributed by atoms with E-state index in [0.717, 1.165) is 12.0 Å². The molecular weight excluding hydrogens is 254 g/mol. The van der Waals surface area contributed by atoms with Crippen molar-refractivity contribution < 1.29 is 4.52 Å². The van der Waals surface area contributed by atoms with Crippen LogP contribution in [0.2, 0.25) is 0 Å². The Bertz CT molecular complexity index is 556. The summed E-state index contributed by atoms with van der Waals surface area (Å²) in [5.74, 6) is 1.49. The fourth-order valence-corrected chi connectivity index (χ4v) is 2.01. The third-order valence-electron chi connectivity index (χ3n) is 2.92. The minimum Gasteiger partial charge on any atom is -0.339 e. The molecule has 0 radical (unpaired) electrons. The maximum atomic E-state index is 5.82. The van der Waals surface area contributed by atoms with E-state index in [-0.39, 0.29) is 11.3 Å². The molecule has 2 N–H and O–H groups in total. The van der Waals surface area contributed by atoms with Gasteiger partial charge in [-0.25, -0.2) is 9.97 Å². The zero-order valence-electron chi connectivity index (χ0n) is 12.4. The van der Waals surface area contributed by atoms with Gasteiger partial charge in [0.05, 0.1) is 5.92 Å². The van der Waals surface area contributed by atoms with Crippen molar-refractivity contribution in [3.63, 3.8) is 0 Å². The second kappa shape index (κ2) is 5.66. The molecule has 0 saturated carbocycles. The Morgan fingerprint density at radius 3 is 2.40 bits per heavy atom. The highest BCUT2D eigenvalue weighted by molar-refractivity contribution is 5.41. The van der Waals surface area contributed by atoms with Crippen molar-refractivity contribution in [2.45, 2.75) is 40.0 Å². The summed E-state index contributed by atoms with van der Waals surface area (Å²) < 4.78 is 5.33. The first kappa shape index (κ1) is 14.6. The average molecular weight is 275 g/mol. The van der Waals surface area contributed by atoms with Gasteiger partial charge in [0.2, 0.25) is 17.5 Å². The summed E-state index contributed by atoms with van der Waals surface area (Å²) in [5, 5.41) is 3.95. The first-order valence-corrected chi connectivity index (χ1v) is 6.72. The predicted molar refractivity (Wildman–Crippen MR) is 75.9 cm³/mol. The maximum Gasteiger partial charge on any atom is 0.240 e. The quantitative estimate of drug-likeness (QED) is 0.920. The molecule has 2 aromatic rings. The molecule has 0 fully saturated rings. The van der Waals surface area contributed by atoms with Gasteiger partial charge in [0.15, 0.2) is 0 Å². The number of aryl methyl sites for hydroxylation is 1. The van der Waals surface area contributed by atoms with E-state index in [9.17, 15) is 0 Å². The van der Waals surface area contributed by atoms with Gasteiger partial charge < -0.3 is 10.3 Å². The molecule has 0 aliphatic carbocycles. The van der Waals surface area contributed by atoms with Crippen LogP contribution in [0, 0.1) is 12.3 Å². The fourth-order valence-electron chi connectivity index (χ4n) is 2.01. The lowest BCUT2D eigenvalue weighted by atomic mass is 9.84. The zero-order chi connectivity index (χ0) is 14.8. The van der Waals surface area contributed by atoms with Crippen LogP contribution < -0.4 is 5.73 Å². The van der Waals surface area contributed by atoms with Gasteiger partial charge in [0, 0.05) is 18.9 Å². The second-order valence-electron chi connectivity index (χ2n) is 6.24. The Labute approximate surface area is 118 Å². The lowest BCUT2D eigenvalue weighted by molar-refractivity contribution is 0.287. The Hall–Kier alpha value is -1.82. The summed E-state index contributed by atoms with van der Waals surface area (Å²) in [7, 11) is 0. The van der Waals surface area contributed by atoms with Crippen LogP contribution in [0.4, 0.5) is 0 Å². The van der Waals surface area contributed by atoms with Crippen LogP contribution in [0.15, 0.2) is 16.9 Å². The topological polar surface area (TPSA) is 90.7 Å².